The van der Waals surface area contributed by atoms with Crippen LogP contribution in [0.4, 0.5) is 0 Å². The highest BCUT2D eigenvalue weighted by Crippen LogP contribution is 2.22. The predicted octanol–water partition coefficient (Wildman–Crippen LogP) is 1.75. The van der Waals surface area contributed by atoms with Gasteiger partial charge in [0.15, 0.2) is 5.65 Å². The zero-order chi connectivity index (χ0) is 15.8. The monoisotopic (exact) mass is 307 g/mol. The van der Waals surface area contributed by atoms with Gasteiger partial charge in [0.25, 0.3) is 5.91 Å². The summed E-state index contributed by atoms with van der Waals surface area (Å²) in [5.74, 6) is 0.500. The summed E-state index contributed by atoms with van der Waals surface area (Å²) in [5.41, 5.74) is 3.70. The van der Waals surface area contributed by atoms with Crippen molar-refractivity contribution in [2.24, 2.45) is 5.92 Å². The highest BCUT2D eigenvalue weighted by molar-refractivity contribution is 5.92. The zero-order valence-electron chi connectivity index (χ0n) is 12.9. The number of fused-ring (bicyclic) bond motifs is 1. The predicted molar refractivity (Wildman–Crippen MR) is 85.1 cm³/mol. The molecule has 0 aliphatic carbocycles. The fourth-order valence-corrected chi connectivity index (χ4v) is 3.05. The molecule has 23 heavy (non-hydrogen) atoms. The smallest absolute Gasteiger partial charge is 0.274 e. The Morgan fingerprint density at radius 3 is 3.04 bits per heavy atom. The maximum Gasteiger partial charge on any atom is 0.274 e. The quantitative estimate of drug-likeness (QED) is 0.739. The molecule has 0 saturated carbocycles. The van der Waals surface area contributed by atoms with Crippen molar-refractivity contribution in [3.8, 4) is 0 Å². The first kappa shape index (κ1) is 13.9. The first-order chi connectivity index (χ1) is 11.2. The SMILES string of the molecule is Cc1cccc(CC2CN(C(=O)c3cn4cnnc4cn3)C2)c1. The molecule has 0 bridgehead atoms. The van der Waals surface area contributed by atoms with E-state index < -0.39 is 0 Å². The number of carbonyl (C=O) groups is 1. The molecule has 4 rings (SSSR count). The number of amides is 1. The molecule has 0 unspecified atom stereocenters. The van der Waals surface area contributed by atoms with Crippen molar-refractivity contribution in [3.05, 3.63) is 59.8 Å². The number of nitrogens with zero attached hydrogens (tertiary/aromatic N) is 5. The van der Waals surface area contributed by atoms with E-state index in [9.17, 15) is 4.79 Å². The molecule has 3 aromatic rings. The Balaban J connectivity index is 1.40. The van der Waals surface area contributed by atoms with Crippen LogP contribution in [-0.2, 0) is 6.42 Å². The second-order valence-corrected chi connectivity index (χ2v) is 6.14. The molecule has 2 aromatic heterocycles. The van der Waals surface area contributed by atoms with Crippen molar-refractivity contribution in [2.75, 3.05) is 13.1 Å². The summed E-state index contributed by atoms with van der Waals surface area (Å²) in [5, 5.41) is 7.68. The normalized spacial score (nSPS) is 14.9. The van der Waals surface area contributed by atoms with Crippen molar-refractivity contribution in [1.29, 1.82) is 0 Å². The average molecular weight is 307 g/mol. The number of rotatable bonds is 3. The van der Waals surface area contributed by atoms with E-state index in [-0.39, 0.29) is 5.91 Å². The minimum absolute atomic E-state index is 0.0268. The van der Waals surface area contributed by atoms with Crippen LogP contribution in [0.3, 0.4) is 0 Å². The Labute approximate surface area is 133 Å². The first-order valence-electron chi connectivity index (χ1n) is 7.69. The molecule has 3 heterocycles. The van der Waals surface area contributed by atoms with Crippen LogP contribution in [0.1, 0.15) is 21.6 Å². The van der Waals surface area contributed by atoms with Gasteiger partial charge in [-0.05, 0) is 24.8 Å². The van der Waals surface area contributed by atoms with E-state index in [2.05, 4.69) is 46.4 Å². The molecule has 116 valence electrons. The van der Waals surface area contributed by atoms with Crippen molar-refractivity contribution < 1.29 is 4.79 Å². The lowest BCUT2D eigenvalue weighted by atomic mass is 9.91. The van der Waals surface area contributed by atoms with E-state index in [1.165, 1.54) is 11.1 Å². The molecular weight excluding hydrogens is 290 g/mol. The lowest BCUT2D eigenvalue weighted by Crippen LogP contribution is -2.51. The largest absolute Gasteiger partial charge is 0.337 e. The molecular formula is C17H17N5O. The average Bonchev–Trinajstić information content (AvgIpc) is 2.97. The van der Waals surface area contributed by atoms with Gasteiger partial charge in [0.05, 0.1) is 6.20 Å². The van der Waals surface area contributed by atoms with E-state index in [1.54, 1.807) is 23.1 Å². The molecule has 0 spiro atoms. The molecule has 1 amide bonds. The summed E-state index contributed by atoms with van der Waals surface area (Å²) in [6, 6.07) is 8.56. The summed E-state index contributed by atoms with van der Waals surface area (Å²) in [7, 11) is 0. The van der Waals surface area contributed by atoms with Crippen molar-refractivity contribution in [1.82, 2.24) is 24.5 Å². The molecule has 1 aliphatic rings. The molecule has 0 radical (unpaired) electrons. The van der Waals surface area contributed by atoms with Gasteiger partial charge in [-0.2, -0.15) is 0 Å². The summed E-state index contributed by atoms with van der Waals surface area (Å²) >= 11 is 0. The Morgan fingerprint density at radius 1 is 1.35 bits per heavy atom. The summed E-state index contributed by atoms with van der Waals surface area (Å²) < 4.78 is 1.71. The van der Waals surface area contributed by atoms with Crippen molar-refractivity contribution >= 4 is 11.6 Å². The van der Waals surface area contributed by atoms with Gasteiger partial charge in [-0.15, -0.1) is 10.2 Å². The topological polar surface area (TPSA) is 63.4 Å². The van der Waals surface area contributed by atoms with Crippen LogP contribution in [-0.4, -0.2) is 43.5 Å². The number of likely N-dealkylation sites (tertiary alicyclic amines) is 1. The van der Waals surface area contributed by atoms with E-state index in [0.29, 0.717) is 17.3 Å². The van der Waals surface area contributed by atoms with Crippen LogP contribution in [0.5, 0.6) is 0 Å². The minimum atomic E-state index is -0.0268. The fourth-order valence-electron chi connectivity index (χ4n) is 3.05. The third-order valence-electron chi connectivity index (χ3n) is 4.25. The Kier molecular flexibility index (Phi) is 3.29. The Hall–Kier alpha value is -2.76. The van der Waals surface area contributed by atoms with Gasteiger partial charge < -0.3 is 4.90 Å². The van der Waals surface area contributed by atoms with Crippen LogP contribution in [0.2, 0.25) is 0 Å². The third kappa shape index (κ3) is 2.67. The second-order valence-electron chi connectivity index (χ2n) is 6.14. The summed E-state index contributed by atoms with van der Waals surface area (Å²) in [6.45, 7) is 3.68. The molecule has 0 N–H and O–H groups in total. The van der Waals surface area contributed by atoms with Crippen molar-refractivity contribution in [2.45, 2.75) is 13.3 Å². The minimum Gasteiger partial charge on any atom is -0.337 e. The summed E-state index contributed by atoms with van der Waals surface area (Å²) in [6.07, 6.45) is 5.85. The van der Waals surface area contributed by atoms with Gasteiger partial charge >= 0.3 is 0 Å². The van der Waals surface area contributed by atoms with Crippen molar-refractivity contribution in [3.63, 3.8) is 0 Å². The number of carbonyl (C=O) groups excluding carboxylic acids is 1. The van der Waals surface area contributed by atoms with Crippen LogP contribution in [0.15, 0.2) is 43.0 Å². The third-order valence-corrected chi connectivity index (χ3v) is 4.25. The molecule has 1 saturated heterocycles. The second kappa shape index (κ2) is 5.46. The lowest BCUT2D eigenvalue weighted by molar-refractivity contribution is 0.0494. The number of benzene rings is 1. The Bertz CT molecular complexity index is 866. The number of aromatic nitrogens is 4. The van der Waals surface area contributed by atoms with E-state index in [4.69, 9.17) is 0 Å². The van der Waals surface area contributed by atoms with Gasteiger partial charge in [-0.1, -0.05) is 29.8 Å². The van der Waals surface area contributed by atoms with Gasteiger partial charge in [0.1, 0.15) is 12.0 Å². The lowest BCUT2D eigenvalue weighted by Gasteiger charge is -2.39. The van der Waals surface area contributed by atoms with E-state index in [0.717, 1.165) is 19.5 Å². The molecule has 0 atom stereocenters. The fraction of sp³-hybridized carbons (Fsp3) is 0.294. The molecule has 1 fully saturated rings. The molecule has 6 heteroatoms. The van der Waals surface area contributed by atoms with Gasteiger partial charge in [-0.25, -0.2) is 4.98 Å². The molecule has 1 aliphatic heterocycles. The number of hydrogen-bond acceptors (Lipinski definition) is 4. The highest BCUT2D eigenvalue weighted by Gasteiger charge is 2.31. The highest BCUT2D eigenvalue weighted by atomic mass is 16.2. The van der Waals surface area contributed by atoms with Crippen LogP contribution in [0, 0.1) is 12.8 Å². The zero-order valence-corrected chi connectivity index (χ0v) is 12.9. The van der Waals surface area contributed by atoms with Gasteiger partial charge in [0, 0.05) is 19.3 Å². The maximum absolute atomic E-state index is 12.5. The first-order valence-corrected chi connectivity index (χ1v) is 7.69. The number of hydrogen-bond donors (Lipinski definition) is 0. The number of aryl methyl sites for hydroxylation is 1. The summed E-state index contributed by atoms with van der Waals surface area (Å²) in [4.78, 5) is 18.5. The van der Waals surface area contributed by atoms with E-state index in [1.807, 2.05) is 4.90 Å². The molecule has 1 aromatic carbocycles. The maximum atomic E-state index is 12.5. The van der Waals surface area contributed by atoms with Gasteiger partial charge in [-0.3, -0.25) is 9.20 Å². The standard InChI is InChI=1S/C17H17N5O/c1-12-3-2-4-13(5-12)6-14-8-21(9-14)17(23)15-10-22-11-19-20-16(22)7-18-15/h2-5,7,10-11,14H,6,8-9H2,1H3. The molecule has 6 nitrogen and oxygen atoms in total. The Morgan fingerprint density at radius 2 is 2.22 bits per heavy atom. The van der Waals surface area contributed by atoms with E-state index >= 15 is 0 Å². The van der Waals surface area contributed by atoms with Crippen LogP contribution in [0.25, 0.3) is 5.65 Å². The van der Waals surface area contributed by atoms with Gasteiger partial charge in [0.2, 0.25) is 0 Å². The van der Waals surface area contributed by atoms with Crippen LogP contribution < -0.4 is 0 Å². The van der Waals surface area contributed by atoms with Crippen LogP contribution >= 0.6 is 0 Å².